The smallest absolute Gasteiger partial charge is 0.255 e. The third kappa shape index (κ3) is 3.56. The van der Waals surface area contributed by atoms with Crippen molar-refractivity contribution in [2.24, 2.45) is 0 Å². The lowest BCUT2D eigenvalue weighted by Gasteiger charge is -2.34. The van der Waals surface area contributed by atoms with Crippen LogP contribution < -0.4 is 4.74 Å². The van der Waals surface area contributed by atoms with E-state index < -0.39 is 10.0 Å². The summed E-state index contributed by atoms with van der Waals surface area (Å²) in [5, 5.41) is 0. The molecule has 0 saturated carbocycles. The zero-order chi connectivity index (χ0) is 18.7. The Kier molecular flexibility index (Phi) is 5.24. The van der Waals surface area contributed by atoms with Crippen molar-refractivity contribution in [3.05, 3.63) is 53.9 Å². The lowest BCUT2D eigenvalue weighted by Crippen LogP contribution is -2.50. The van der Waals surface area contributed by atoms with Gasteiger partial charge in [-0.1, -0.05) is 0 Å². The van der Waals surface area contributed by atoms with Gasteiger partial charge in [-0.2, -0.15) is 4.31 Å². The Morgan fingerprint density at radius 3 is 2.46 bits per heavy atom. The molecule has 1 aliphatic rings. The van der Waals surface area contributed by atoms with Gasteiger partial charge in [-0.15, -0.1) is 0 Å². The second kappa shape index (κ2) is 7.43. The first-order valence-corrected chi connectivity index (χ1v) is 9.71. The second-order valence-corrected chi connectivity index (χ2v) is 8.01. The fourth-order valence-corrected chi connectivity index (χ4v) is 4.47. The quantitative estimate of drug-likeness (QED) is 0.810. The van der Waals surface area contributed by atoms with E-state index in [4.69, 9.17) is 4.74 Å². The molecule has 7 nitrogen and oxygen atoms in total. The second-order valence-electron chi connectivity index (χ2n) is 6.07. The van der Waals surface area contributed by atoms with Gasteiger partial charge in [-0.3, -0.25) is 9.78 Å². The zero-order valence-electron chi connectivity index (χ0n) is 14.8. The van der Waals surface area contributed by atoms with Gasteiger partial charge in [0.15, 0.2) is 0 Å². The number of amides is 1. The topological polar surface area (TPSA) is 79.8 Å². The molecule has 0 N–H and O–H groups in total. The molecule has 1 aliphatic heterocycles. The number of carbonyl (C=O) groups excluding carboxylic acids is 1. The van der Waals surface area contributed by atoms with Crippen molar-refractivity contribution < 1.29 is 17.9 Å². The van der Waals surface area contributed by atoms with Gasteiger partial charge in [0, 0.05) is 38.6 Å². The van der Waals surface area contributed by atoms with Gasteiger partial charge >= 0.3 is 0 Å². The molecule has 0 bridgehead atoms. The molecule has 138 valence electrons. The average molecular weight is 375 g/mol. The van der Waals surface area contributed by atoms with Crippen LogP contribution in [0.4, 0.5) is 0 Å². The minimum atomic E-state index is -3.60. The maximum Gasteiger partial charge on any atom is 0.255 e. The van der Waals surface area contributed by atoms with Gasteiger partial charge in [0.2, 0.25) is 10.0 Å². The number of aromatic nitrogens is 1. The minimum absolute atomic E-state index is 0.129. The summed E-state index contributed by atoms with van der Waals surface area (Å²) in [6, 6.07) is 8.23. The van der Waals surface area contributed by atoms with Crippen LogP contribution in [-0.4, -0.2) is 61.8 Å². The van der Waals surface area contributed by atoms with Gasteiger partial charge in [-0.25, -0.2) is 8.42 Å². The van der Waals surface area contributed by atoms with Crippen LogP contribution in [0.2, 0.25) is 0 Å². The molecule has 1 fully saturated rings. The molecule has 2 heterocycles. The zero-order valence-corrected chi connectivity index (χ0v) is 15.6. The number of ether oxygens (including phenoxy) is 1. The van der Waals surface area contributed by atoms with E-state index in [0.29, 0.717) is 24.4 Å². The molecule has 26 heavy (non-hydrogen) atoms. The molecule has 1 aromatic heterocycles. The van der Waals surface area contributed by atoms with E-state index in [1.165, 1.54) is 10.5 Å². The highest BCUT2D eigenvalue weighted by atomic mass is 32.2. The van der Waals surface area contributed by atoms with Crippen molar-refractivity contribution in [3.63, 3.8) is 0 Å². The maximum atomic E-state index is 12.9. The third-order valence-electron chi connectivity index (χ3n) is 4.44. The summed E-state index contributed by atoms with van der Waals surface area (Å²) in [5.74, 6) is 0.520. The lowest BCUT2D eigenvalue weighted by molar-refractivity contribution is 0.0697. The number of hydrogen-bond acceptors (Lipinski definition) is 5. The summed E-state index contributed by atoms with van der Waals surface area (Å²) in [6.45, 7) is 3.03. The standard InChI is InChI=1S/C18H21N3O4S/c1-14-12-16(5-6-17(14)25-2)26(23,24)21-10-8-20(9-11-21)18(22)15-4-3-7-19-13-15/h3-7,12-13H,8-11H2,1-2H3. The fourth-order valence-electron chi connectivity index (χ4n) is 2.96. The molecule has 1 amide bonds. The largest absolute Gasteiger partial charge is 0.496 e. The molecule has 1 saturated heterocycles. The Bertz CT molecular complexity index is 892. The molecular weight excluding hydrogens is 354 g/mol. The van der Waals surface area contributed by atoms with E-state index in [-0.39, 0.29) is 23.9 Å². The van der Waals surface area contributed by atoms with Gasteiger partial charge in [0.05, 0.1) is 17.6 Å². The van der Waals surface area contributed by atoms with Crippen molar-refractivity contribution >= 4 is 15.9 Å². The van der Waals surface area contributed by atoms with E-state index in [0.717, 1.165) is 5.56 Å². The van der Waals surface area contributed by atoms with Crippen LogP contribution in [0.25, 0.3) is 0 Å². The van der Waals surface area contributed by atoms with Gasteiger partial charge in [0.1, 0.15) is 5.75 Å². The summed E-state index contributed by atoms with van der Waals surface area (Å²) in [7, 11) is -2.05. The van der Waals surface area contributed by atoms with Crippen LogP contribution in [0.1, 0.15) is 15.9 Å². The number of methoxy groups -OCH3 is 1. The SMILES string of the molecule is COc1ccc(S(=O)(=O)N2CCN(C(=O)c3cccnc3)CC2)cc1C. The molecule has 3 rings (SSSR count). The molecule has 8 heteroatoms. The Labute approximate surface area is 153 Å². The molecule has 2 aromatic rings. The minimum Gasteiger partial charge on any atom is -0.496 e. The van der Waals surface area contributed by atoms with E-state index >= 15 is 0 Å². The maximum absolute atomic E-state index is 12.9. The van der Waals surface area contributed by atoms with Gasteiger partial charge in [0.25, 0.3) is 5.91 Å². The monoisotopic (exact) mass is 375 g/mol. The van der Waals surface area contributed by atoms with Crippen LogP contribution in [0.5, 0.6) is 5.75 Å². The molecule has 0 radical (unpaired) electrons. The predicted molar refractivity (Wildman–Crippen MR) is 96.6 cm³/mol. The highest BCUT2D eigenvalue weighted by molar-refractivity contribution is 7.89. The first-order chi connectivity index (χ1) is 12.4. The number of rotatable bonds is 4. The normalized spacial score (nSPS) is 15.7. The molecule has 0 spiro atoms. The Hall–Kier alpha value is -2.45. The first kappa shape index (κ1) is 18.3. The summed E-state index contributed by atoms with van der Waals surface area (Å²) in [6.07, 6.45) is 3.13. The molecule has 0 atom stereocenters. The molecule has 0 unspecified atom stereocenters. The van der Waals surface area contributed by atoms with E-state index in [2.05, 4.69) is 4.98 Å². The van der Waals surface area contributed by atoms with Gasteiger partial charge in [-0.05, 0) is 42.8 Å². The Morgan fingerprint density at radius 2 is 1.88 bits per heavy atom. The number of aryl methyl sites for hydroxylation is 1. The summed E-state index contributed by atoms with van der Waals surface area (Å²) in [4.78, 5) is 18.3. The highest BCUT2D eigenvalue weighted by Crippen LogP contribution is 2.24. The lowest BCUT2D eigenvalue weighted by atomic mass is 10.2. The van der Waals surface area contributed by atoms with Crippen molar-refractivity contribution in [2.45, 2.75) is 11.8 Å². The molecule has 1 aromatic carbocycles. The number of nitrogens with zero attached hydrogens (tertiary/aromatic N) is 3. The summed E-state index contributed by atoms with van der Waals surface area (Å²) < 4.78 is 32.3. The predicted octanol–water partition coefficient (Wildman–Crippen LogP) is 1.55. The Morgan fingerprint density at radius 1 is 1.15 bits per heavy atom. The first-order valence-electron chi connectivity index (χ1n) is 8.27. The fraction of sp³-hybridized carbons (Fsp3) is 0.333. The number of sulfonamides is 1. The van der Waals surface area contributed by atoms with Crippen molar-refractivity contribution in [2.75, 3.05) is 33.3 Å². The summed E-state index contributed by atoms with van der Waals surface area (Å²) >= 11 is 0. The summed E-state index contributed by atoms with van der Waals surface area (Å²) in [5.41, 5.74) is 1.27. The number of benzene rings is 1. The van der Waals surface area contributed by atoms with Crippen LogP contribution in [0.15, 0.2) is 47.6 Å². The number of piperazine rings is 1. The number of carbonyl (C=O) groups is 1. The van der Waals surface area contributed by atoms with Crippen molar-refractivity contribution in [1.29, 1.82) is 0 Å². The third-order valence-corrected chi connectivity index (χ3v) is 6.33. The van der Waals surface area contributed by atoms with Crippen molar-refractivity contribution in [3.8, 4) is 5.75 Å². The van der Waals surface area contributed by atoms with E-state index in [1.807, 2.05) is 6.92 Å². The van der Waals surface area contributed by atoms with Crippen LogP contribution in [-0.2, 0) is 10.0 Å². The highest BCUT2D eigenvalue weighted by Gasteiger charge is 2.30. The van der Waals surface area contributed by atoms with Crippen LogP contribution in [0, 0.1) is 6.92 Å². The number of hydrogen-bond donors (Lipinski definition) is 0. The number of pyridine rings is 1. The Balaban J connectivity index is 1.71. The van der Waals surface area contributed by atoms with E-state index in [1.54, 1.807) is 48.5 Å². The van der Waals surface area contributed by atoms with Crippen LogP contribution in [0.3, 0.4) is 0 Å². The van der Waals surface area contributed by atoms with E-state index in [9.17, 15) is 13.2 Å². The molecular formula is C18H21N3O4S. The molecule has 0 aliphatic carbocycles. The average Bonchev–Trinajstić information content (AvgIpc) is 2.68. The van der Waals surface area contributed by atoms with Crippen molar-refractivity contribution in [1.82, 2.24) is 14.2 Å². The van der Waals surface area contributed by atoms with Gasteiger partial charge < -0.3 is 9.64 Å². The van der Waals surface area contributed by atoms with Crippen LogP contribution >= 0.6 is 0 Å².